The highest BCUT2D eigenvalue weighted by atomic mass is 32.2. The number of ether oxygens (including phenoxy) is 1. The Bertz CT molecular complexity index is 815. The molecule has 1 heterocycles. The van der Waals surface area contributed by atoms with Crippen molar-refractivity contribution >= 4 is 10.0 Å². The highest BCUT2D eigenvalue weighted by Crippen LogP contribution is 2.21. The van der Waals surface area contributed by atoms with Gasteiger partial charge in [0, 0.05) is 26.2 Å². The Balaban J connectivity index is 1.48. The molecule has 1 aliphatic heterocycles. The van der Waals surface area contributed by atoms with Crippen molar-refractivity contribution in [1.29, 1.82) is 0 Å². The molecule has 0 radical (unpaired) electrons. The average molecular weight is 378 g/mol. The lowest BCUT2D eigenvalue weighted by Crippen LogP contribution is -2.42. The highest BCUT2D eigenvalue weighted by Gasteiger charge is 2.22. The topological polar surface area (TPSA) is 58.6 Å². The number of morpholine rings is 1. The van der Waals surface area contributed by atoms with Crippen molar-refractivity contribution in [3.05, 3.63) is 71.5 Å². The second-order valence-electron chi connectivity index (χ2n) is 6.35. The fourth-order valence-electron chi connectivity index (χ4n) is 3.03. The van der Waals surface area contributed by atoms with Crippen LogP contribution in [-0.4, -0.2) is 46.1 Å². The van der Waals surface area contributed by atoms with Gasteiger partial charge in [0.05, 0.1) is 18.5 Å². The smallest absolute Gasteiger partial charge is 0.215 e. The van der Waals surface area contributed by atoms with Crippen molar-refractivity contribution in [2.75, 3.05) is 32.8 Å². The standard InChI is InChI=1S/C19H23FN2O3S/c20-18-8-4-5-16(13-18)15-26(23,24)21-9-10-22-11-12-25-19(14-22)17-6-2-1-3-7-17/h1-8,13,19,21H,9-12,14-15H2. The Morgan fingerprint density at radius 3 is 2.73 bits per heavy atom. The van der Waals surface area contributed by atoms with Crippen molar-refractivity contribution in [1.82, 2.24) is 9.62 Å². The van der Waals surface area contributed by atoms with Crippen LogP contribution in [-0.2, 0) is 20.5 Å². The molecule has 1 saturated heterocycles. The third kappa shape index (κ3) is 5.60. The number of sulfonamides is 1. The molecule has 26 heavy (non-hydrogen) atoms. The molecule has 1 fully saturated rings. The number of hydrogen-bond donors (Lipinski definition) is 1. The van der Waals surface area contributed by atoms with Gasteiger partial charge in [0.25, 0.3) is 0 Å². The number of benzene rings is 2. The predicted molar refractivity (Wildman–Crippen MR) is 98.6 cm³/mol. The molecule has 0 aliphatic carbocycles. The number of rotatable bonds is 7. The normalized spacial score (nSPS) is 18.7. The molecule has 2 aromatic carbocycles. The summed E-state index contributed by atoms with van der Waals surface area (Å²) in [5.41, 5.74) is 1.57. The zero-order valence-corrected chi connectivity index (χ0v) is 15.3. The summed E-state index contributed by atoms with van der Waals surface area (Å²) in [7, 11) is -3.49. The van der Waals surface area contributed by atoms with E-state index in [1.807, 2.05) is 30.3 Å². The van der Waals surface area contributed by atoms with Crippen LogP contribution in [0.15, 0.2) is 54.6 Å². The molecule has 0 saturated carbocycles. The second kappa shape index (κ2) is 8.73. The monoisotopic (exact) mass is 378 g/mol. The summed E-state index contributed by atoms with van der Waals surface area (Å²) >= 11 is 0. The van der Waals surface area contributed by atoms with Crippen LogP contribution < -0.4 is 4.72 Å². The van der Waals surface area contributed by atoms with Gasteiger partial charge >= 0.3 is 0 Å². The van der Waals surface area contributed by atoms with E-state index >= 15 is 0 Å². The maximum Gasteiger partial charge on any atom is 0.215 e. The number of hydrogen-bond acceptors (Lipinski definition) is 4. The van der Waals surface area contributed by atoms with Crippen molar-refractivity contribution in [2.24, 2.45) is 0 Å². The molecule has 2 aromatic rings. The fourth-order valence-corrected chi connectivity index (χ4v) is 4.15. The van der Waals surface area contributed by atoms with Gasteiger partial charge in [-0.25, -0.2) is 17.5 Å². The van der Waals surface area contributed by atoms with E-state index in [1.54, 1.807) is 6.07 Å². The van der Waals surface area contributed by atoms with Gasteiger partial charge in [0.1, 0.15) is 5.82 Å². The zero-order valence-electron chi connectivity index (χ0n) is 14.5. The molecule has 1 atom stereocenters. The maximum atomic E-state index is 13.2. The zero-order chi connectivity index (χ0) is 18.4. The lowest BCUT2D eigenvalue weighted by Gasteiger charge is -2.33. The third-order valence-electron chi connectivity index (χ3n) is 4.32. The Morgan fingerprint density at radius 1 is 1.15 bits per heavy atom. The molecule has 3 rings (SSSR count). The Kier molecular flexibility index (Phi) is 6.37. The van der Waals surface area contributed by atoms with E-state index in [1.165, 1.54) is 18.2 Å². The van der Waals surface area contributed by atoms with Gasteiger partial charge in [-0.15, -0.1) is 0 Å². The first-order chi connectivity index (χ1) is 12.5. The van der Waals surface area contributed by atoms with Gasteiger partial charge in [-0.1, -0.05) is 42.5 Å². The minimum absolute atomic E-state index is 0.00820. The van der Waals surface area contributed by atoms with Gasteiger partial charge < -0.3 is 4.74 Å². The minimum Gasteiger partial charge on any atom is -0.371 e. The van der Waals surface area contributed by atoms with Gasteiger partial charge in [0.2, 0.25) is 10.0 Å². The highest BCUT2D eigenvalue weighted by molar-refractivity contribution is 7.88. The molecule has 1 unspecified atom stereocenters. The number of nitrogens with one attached hydrogen (secondary N) is 1. The van der Waals surface area contributed by atoms with E-state index < -0.39 is 15.8 Å². The maximum absolute atomic E-state index is 13.2. The Labute approximate surface area is 153 Å². The molecule has 1 N–H and O–H groups in total. The molecule has 0 aromatic heterocycles. The van der Waals surface area contributed by atoms with Gasteiger partial charge in [0.15, 0.2) is 0 Å². The summed E-state index contributed by atoms with van der Waals surface area (Å²) < 4.78 is 45.9. The van der Waals surface area contributed by atoms with E-state index in [4.69, 9.17) is 4.74 Å². The van der Waals surface area contributed by atoms with Crippen LogP contribution in [0.25, 0.3) is 0 Å². The second-order valence-corrected chi connectivity index (χ2v) is 8.16. The Morgan fingerprint density at radius 2 is 1.96 bits per heavy atom. The average Bonchev–Trinajstić information content (AvgIpc) is 2.62. The molecule has 7 heteroatoms. The summed E-state index contributed by atoms with van der Waals surface area (Å²) in [4.78, 5) is 2.19. The molecular formula is C19H23FN2O3S. The number of halogens is 1. The SMILES string of the molecule is O=S(=O)(Cc1cccc(F)c1)NCCN1CCOC(c2ccccc2)C1. The van der Waals surface area contributed by atoms with Crippen LogP contribution in [0.3, 0.4) is 0 Å². The molecule has 0 bridgehead atoms. The lowest BCUT2D eigenvalue weighted by molar-refractivity contribution is -0.0291. The quantitative estimate of drug-likeness (QED) is 0.803. The van der Waals surface area contributed by atoms with E-state index in [0.29, 0.717) is 25.3 Å². The molecule has 1 aliphatic rings. The van der Waals surface area contributed by atoms with Crippen molar-refractivity contribution in [3.8, 4) is 0 Å². The first kappa shape index (κ1) is 19.0. The van der Waals surface area contributed by atoms with E-state index in [-0.39, 0.29) is 11.9 Å². The van der Waals surface area contributed by atoms with E-state index in [0.717, 1.165) is 18.7 Å². The fraction of sp³-hybridized carbons (Fsp3) is 0.368. The Hall–Kier alpha value is -1.80. The molecule has 0 amide bonds. The van der Waals surface area contributed by atoms with E-state index in [2.05, 4.69) is 9.62 Å². The lowest BCUT2D eigenvalue weighted by atomic mass is 10.1. The van der Waals surface area contributed by atoms with E-state index in [9.17, 15) is 12.8 Å². The van der Waals surface area contributed by atoms with Crippen molar-refractivity contribution < 1.29 is 17.5 Å². The van der Waals surface area contributed by atoms with Crippen LogP contribution in [0.5, 0.6) is 0 Å². The van der Waals surface area contributed by atoms with Gasteiger partial charge in [-0.3, -0.25) is 4.90 Å². The molecular weight excluding hydrogens is 355 g/mol. The van der Waals surface area contributed by atoms with Gasteiger partial charge in [-0.05, 0) is 23.3 Å². The summed E-state index contributed by atoms with van der Waals surface area (Å²) in [6, 6.07) is 15.7. The first-order valence-electron chi connectivity index (χ1n) is 8.62. The third-order valence-corrected chi connectivity index (χ3v) is 5.67. The molecule has 140 valence electrons. The van der Waals surface area contributed by atoms with Crippen LogP contribution in [0.4, 0.5) is 4.39 Å². The summed E-state index contributed by atoms with van der Waals surface area (Å²) in [6.45, 7) is 3.05. The first-order valence-corrected chi connectivity index (χ1v) is 10.3. The predicted octanol–water partition coefficient (Wildman–Crippen LogP) is 2.32. The summed E-state index contributed by atoms with van der Waals surface area (Å²) in [5.74, 6) is -0.654. The molecule has 5 nitrogen and oxygen atoms in total. The summed E-state index contributed by atoms with van der Waals surface area (Å²) in [5, 5.41) is 0. The van der Waals surface area contributed by atoms with Crippen LogP contribution in [0.2, 0.25) is 0 Å². The van der Waals surface area contributed by atoms with Crippen molar-refractivity contribution in [2.45, 2.75) is 11.9 Å². The summed E-state index contributed by atoms with van der Waals surface area (Å²) in [6.07, 6.45) is 0.00820. The van der Waals surface area contributed by atoms with Crippen LogP contribution >= 0.6 is 0 Å². The molecule has 0 spiro atoms. The van der Waals surface area contributed by atoms with Gasteiger partial charge in [-0.2, -0.15) is 0 Å². The van der Waals surface area contributed by atoms with Crippen molar-refractivity contribution in [3.63, 3.8) is 0 Å². The van der Waals surface area contributed by atoms with Crippen LogP contribution in [0, 0.1) is 5.82 Å². The minimum atomic E-state index is -3.49. The largest absolute Gasteiger partial charge is 0.371 e. The van der Waals surface area contributed by atoms with Crippen LogP contribution in [0.1, 0.15) is 17.2 Å². The number of nitrogens with zero attached hydrogens (tertiary/aromatic N) is 1.